The molecule has 2 aromatic heterocycles. The van der Waals surface area contributed by atoms with Gasteiger partial charge in [0.15, 0.2) is 10.6 Å². The standard InChI is InChI=1S/C20H29N5O2S2/c1-15(25-18(21-22-20(25)28)17-3-2-14-29-17)19(26)24-8-5-16(6-9-24)4-7-23-10-12-27-13-11-23/h2-3,14-16H,4-13H2,1H3,(H,22,28). The van der Waals surface area contributed by atoms with Gasteiger partial charge < -0.3 is 9.64 Å². The number of hydrogen-bond acceptors (Lipinski definition) is 6. The van der Waals surface area contributed by atoms with Crippen molar-refractivity contribution < 1.29 is 9.53 Å². The molecule has 0 saturated carbocycles. The number of piperidine rings is 1. The zero-order valence-corrected chi connectivity index (χ0v) is 18.5. The van der Waals surface area contributed by atoms with E-state index in [1.54, 1.807) is 11.3 Å². The molecule has 1 unspecified atom stereocenters. The fourth-order valence-electron chi connectivity index (χ4n) is 4.25. The van der Waals surface area contributed by atoms with Crippen LogP contribution < -0.4 is 0 Å². The molecule has 29 heavy (non-hydrogen) atoms. The molecule has 0 spiro atoms. The predicted octanol–water partition coefficient (Wildman–Crippen LogP) is 3.19. The summed E-state index contributed by atoms with van der Waals surface area (Å²) in [5.74, 6) is 1.58. The first-order chi connectivity index (χ1) is 14.1. The number of morpholine rings is 1. The Morgan fingerprint density at radius 3 is 2.79 bits per heavy atom. The van der Waals surface area contributed by atoms with E-state index in [-0.39, 0.29) is 11.9 Å². The van der Waals surface area contributed by atoms with Crippen LogP contribution in [0.15, 0.2) is 17.5 Å². The minimum Gasteiger partial charge on any atom is -0.379 e. The van der Waals surface area contributed by atoms with E-state index in [1.807, 2.05) is 33.9 Å². The largest absolute Gasteiger partial charge is 0.379 e. The van der Waals surface area contributed by atoms with Gasteiger partial charge in [0.25, 0.3) is 0 Å². The Morgan fingerprint density at radius 1 is 1.34 bits per heavy atom. The Bertz CT molecular complexity index is 849. The normalized spacial score (nSPS) is 20.1. The van der Waals surface area contributed by atoms with Gasteiger partial charge in [-0.05, 0) is 62.3 Å². The first-order valence-corrected chi connectivity index (χ1v) is 11.7. The lowest BCUT2D eigenvalue weighted by molar-refractivity contribution is -0.135. The van der Waals surface area contributed by atoms with Crippen molar-refractivity contribution in [1.29, 1.82) is 0 Å². The molecule has 2 aromatic rings. The molecule has 2 fully saturated rings. The van der Waals surface area contributed by atoms with Crippen molar-refractivity contribution in [1.82, 2.24) is 24.6 Å². The van der Waals surface area contributed by atoms with Crippen LogP contribution >= 0.6 is 23.6 Å². The zero-order valence-electron chi connectivity index (χ0n) is 16.9. The van der Waals surface area contributed by atoms with Crippen LogP contribution in [0, 0.1) is 10.7 Å². The molecule has 4 rings (SSSR count). The number of ether oxygens (including phenoxy) is 1. The van der Waals surface area contributed by atoms with E-state index >= 15 is 0 Å². The van der Waals surface area contributed by atoms with Crippen LogP contribution in [0.5, 0.6) is 0 Å². The predicted molar refractivity (Wildman–Crippen MR) is 117 cm³/mol. The summed E-state index contributed by atoms with van der Waals surface area (Å²) in [6.07, 6.45) is 3.38. The lowest BCUT2D eigenvalue weighted by atomic mass is 9.93. The van der Waals surface area contributed by atoms with Gasteiger partial charge in [-0.1, -0.05) is 6.07 Å². The second kappa shape index (κ2) is 9.51. The third-order valence-corrected chi connectivity index (χ3v) is 7.23. The van der Waals surface area contributed by atoms with Crippen LogP contribution in [0.4, 0.5) is 0 Å². The molecular weight excluding hydrogens is 406 g/mol. The number of aromatic nitrogens is 3. The van der Waals surface area contributed by atoms with Crippen LogP contribution in [0.3, 0.4) is 0 Å². The highest BCUT2D eigenvalue weighted by atomic mass is 32.1. The zero-order chi connectivity index (χ0) is 20.2. The molecule has 7 nitrogen and oxygen atoms in total. The van der Waals surface area contributed by atoms with E-state index in [0.717, 1.165) is 69.5 Å². The molecular formula is C20H29N5O2S2. The average Bonchev–Trinajstić information content (AvgIpc) is 3.42. The Balaban J connectivity index is 1.33. The summed E-state index contributed by atoms with van der Waals surface area (Å²) in [7, 11) is 0. The molecule has 2 saturated heterocycles. The first-order valence-electron chi connectivity index (χ1n) is 10.4. The number of amides is 1. The summed E-state index contributed by atoms with van der Waals surface area (Å²) in [5, 5.41) is 9.22. The lowest BCUT2D eigenvalue weighted by Crippen LogP contribution is -2.43. The smallest absolute Gasteiger partial charge is 0.245 e. The Hall–Kier alpha value is -1.55. The monoisotopic (exact) mass is 435 g/mol. The summed E-state index contributed by atoms with van der Waals surface area (Å²) < 4.78 is 7.77. The van der Waals surface area contributed by atoms with Gasteiger partial charge in [0.1, 0.15) is 6.04 Å². The van der Waals surface area contributed by atoms with Crippen molar-refractivity contribution in [3.05, 3.63) is 22.3 Å². The molecule has 0 bridgehead atoms. The van der Waals surface area contributed by atoms with Gasteiger partial charge in [-0.2, -0.15) is 5.10 Å². The number of H-pyrrole nitrogens is 1. The van der Waals surface area contributed by atoms with Gasteiger partial charge in [-0.25, -0.2) is 0 Å². The number of carbonyl (C=O) groups excluding carboxylic acids is 1. The van der Waals surface area contributed by atoms with Crippen molar-refractivity contribution in [2.24, 2.45) is 5.92 Å². The fraction of sp³-hybridized carbons (Fsp3) is 0.650. The van der Waals surface area contributed by atoms with Crippen molar-refractivity contribution >= 4 is 29.5 Å². The van der Waals surface area contributed by atoms with Crippen molar-refractivity contribution in [3.63, 3.8) is 0 Å². The van der Waals surface area contributed by atoms with Gasteiger partial charge in [0.05, 0.1) is 18.1 Å². The van der Waals surface area contributed by atoms with E-state index in [2.05, 4.69) is 15.1 Å². The molecule has 0 aromatic carbocycles. The number of aromatic amines is 1. The molecule has 4 heterocycles. The lowest BCUT2D eigenvalue weighted by Gasteiger charge is -2.35. The second-order valence-electron chi connectivity index (χ2n) is 7.89. The Labute approximate surface area is 180 Å². The molecule has 2 aliphatic rings. The second-order valence-corrected chi connectivity index (χ2v) is 9.22. The quantitative estimate of drug-likeness (QED) is 0.706. The molecule has 1 N–H and O–H groups in total. The van der Waals surface area contributed by atoms with Crippen LogP contribution in [-0.4, -0.2) is 76.4 Å². The van der Waals surface area contributed by atoms with E-state index < -0.39 is 0 Å². The SMILES string of the molecule is CC(C(=O)N1CCC(CCN2CCOCC2)CC1)n1c(-c2cccs2)n[nH]c1=S. The van der Waals surface area contributed by atoms with Gasteiger partial charge >= 0.3 is 0 Å². The number of hydrogen-bond donors (Lipinski definition) is 1. The number of likely N-dealkylation sites (tertiary alicyclic amines) is 1. The molecule has 2 aliphatic heterocycles. The van der Waals surface area contributed by atoms with Crippen LogP contribution in [0.2, 0.25) is 0 Å². The highest BCUT2D eigenvalue weighted by Gasteiger charge is 2.29. The topological polar surface area (TPSA) is 66.4 Å². The van der Waals surface area contributed by atoms with Crippen LogP contribution in [0.1, 0.15) is 32.2 Å². The van der Waals surface area contributed by atoms with Gasteiger partial charge in [0.2, 0.25) is 5.91 Å². The third kappa shape index (κ3) is 4.79. The van der Waals surface area contributed by atoms with Crippen molar-refractivity contribution in [2.45, 2.75) is 32.2 Å². The summed E-state index contributed by atoms with van der Waals surface area (Å²) in [6.45, 7) is 8.54. The minimum absolute atomic E-state index is 0.131. The summed E-state index contributed by atoms with van der Waals surface area (Å²) in [4.78, 5) is 18.7. The molecule has 158 valence electrons. The summed E-state index contributed by atoms with van der Waals surface area (Å²) in [5.41, 5.74) is 0. The molecule has 1 atom stereocenters. The van der Waals surface area contributed by atoms with Crippen molar-refractivity contribution in [3.8, 4) is 10.7 Å². The maximum atomic E-state index is 13.2. The highest BCUT2D eigenvalue weighted by Crippen LogP contribution is 2.28. The van der Waals surface area contributed by atoms with Gasteiger partial charge in [-0.3, -0.25) is 19.4 Å². The molecule has 0 aliphatic carbocycles. The Kier molecular flexibility index (Phi) is 6.79. The van der Waals surface area contributed by atoms with E-state index in [9.17, 15) is 4.79 Å². The first kappa shape index (κ1) is 20.7. The van der Waals surface area contributed by atoms with E-state index in [0.29, 0.717) is 10.7 Å². The van der Waals surface area contributed by atoms with Crippen LogP contribution in [-0.2, 0) is 9.53 Å². The fourth-order valence-corrected chi connectivity index (χ4v) is 5.25. The minimum atomic E-state index is -0.358. The number of rotatable bonds is 6. The maximum Gasteiger partial charge on any atom is 0.245 e. The number of nitrogens with zero attached hydrogens (tertiary/aromatic N) is 4. The summed E-state index contributed by atoms with van der Waals surface area (Å²) in [6, 6.07) is 3.63. The number of nitrogens with one attached hydrogen (secondary N) is 1. The maximum absolute atomic E-state index is 13.2. The van der Waals surface area contributed by atoms with Crippen molar-refractivity contribution in [2.75, 3.05) is 45.9 Å². The average molecular weight is 436 g/mol. The van der Waals surface area contributed by atoms with E-state index in [4.69, 9.17) is 17.0 Å². The summed E-state index contributed by atoms with van der Waals surface area (Å²) >= 11 is 7.02. The number of thiophene rings is 1. The molecule has 0 radical (unpaired) electrons. The number of carbonyl (C=O) groups is 1. The molecule has 1 amide bonds. The van der Waals surface area contributed by atoms with Gasteiger partial charge in [-0.15, -0.1) is 11.3 Å². The Morgan fingerprint density at radius 2 is 2.10 bits per heavy atom. The third-order valence-electron chi connectivity index (χ3n) is 6.07. The van der Waals surface area contributed by atoms with Gasteiger partial charge in [0, 0.05) is 26.2 Å². The van der Waals surface area contributed by atoms with E-state index in [1.165, 1.54) is 6.42 Å². The molecule has 9 heteroatoms. The highest BCUT2D eigenvalue weighted by molar-refractivity contribution is 7.71. The van der Waals surface area contributed by atoms with Crippen LogP contribution in [0.25, 0.3) is 10.7 Å².